The zero-order chi connectivity index (χ0) is 15.5. The molecule has 2 aliphatic carbocycles. The minimum absolute atomic E-state index is 0.206. The number of benzene rings is 1. The third-order valence-corrected chi connectivity index (χ3v) is 6.32. The van der Waals surface area contributed by atoms with E-state index < -0.39 is 0 Å². The molecule has 2 fully saturated rings. The topological polar surface area (TPSA) is 46.3 Å². The summed E-state index contributed by atoms with van der Waals surface area (Å²) < 4.78 is 0. The van der Waals surface area contributed by atoms with E-state index >= 15 is 0 Å². The van der Waals surface area contributed by atoms with Crippen molar-refractivity contribution in [3.8, 4) is 0 Å². The van der Waals surface area contributed by atoms with Gasteiger partial charge in [0.25, 0.3) is 0 Å². The van der Waals surface area contributed by atoms with E-state index in [4.69, 9.17) is 5.73 Å². The number of nitrogens with zero attached hydrogens (tertiary/aromatic N) is 1. The molecule has 1 heterocycles. The number of amides is 1. The third kappa shape index (κ3) is 2.18. The van der Waals surface area contributed by atoms with Gasteiger partial charge in [0.05, 0.1) is 0 Å². The minimum atomic E-state index is -0.313. The molecule has 0 spiro atoms. The fourth-order valence-corrected chi connectivity index (χ4v) is 4.68. The number of likely N-dealkylation sites (tertiary alicyclic amines) is 1. The average Bonchev–Trinajstić information content (AvgIpc) is 3.31. The van der Waals surface area contributed by atoms with Crippen molar-refractivity contribution in [3.05, 3.63) is 34.9 Å². The van der Waals surface area contributed by atoms with Gasteiger partial charge < -0.3 is 5.73 Å². The molecule has 3 heteroatoms. The summed E-state index contributed by atoms with van der Waals surface area (Å²) in [5.74, 6) is 1.19. The van der Waals surface area contributed by atoms with E-state index in [0.717, 1.165) is 5.92 Å². The number of piperidine rings is 1. The highest BCUT2D eigenvalue weighted by atomic mass is 16.1. The molecule has 0 aromatic heterocycles. The second kappa shape index (κ2) is 4.82. The molecule has 0 radical (unpaired) electrons. The van der Waals surface area contributed by atoms with Crippen LogP contribution in [0.1, 0.15) is 66.9 Å². The molecule has 1 aromatic carbocycles. The zero-order valence-corrected chi connectivity index (χ0v) is 13.6. The van der Waals surface area contributed by atoms with Crippen LogP contribution in [0.2, 0.25) is 0 Å². The van der Waals surface area contributed by atoms with Gasteiger partial charge in [-0.25, -0.2) is 0 Å². The average molecular weight is 298 g/mol. The predicted molar refractivity (Wildman–Crippen MR) is 88.0 cm³/mol. The SMILES string of the molecule is CC1c2ccc(C(N)=O)cc2C2(C)CCN(CC3CC3)C1C2. The van der Waals surface area contributed by atoms with Crippen molar-refractivity contribution in [2.45, 2.75) is 56.9 Å². The molecule has 3 aliphatic rings. The molecule has 1 amide bonds. The van der Waals surface area contributed by atoms with Crippen LogP contribution in [0, 0.1) is 5.92 Å². The second-order valence-electron chi connectivity index (χ2n) is 7.98. The van der Waals surface area contributed by atoms with Crippen LogP contribution in [0.5, 0.6) is 0 Å². The van der Waals surface area contributed by atoms with Crippen LogP contribution in [0.4, 0.5) is 0 Å². The van der Waals surface area contributed by atoms with E-state index in [1.54, 1.807) is 0 Å². The van der Waals surface area contributed by atoms with E-state index in [9.17, 15) is 4.79 Å². The minimum Gasteiger partial charge on any atom is -0.366 e. The Morgan fingerprint density at radius 1 is 1.41 bits per heavy atom. The first kappa shape index (κ1) is 14.3. The van der Waals surface area contributed by atoms with E-state index in [1.807, 2.05) is 6.07 Å². The third-order valence-electron chi connectivity index (χ3n) is 6.32. The van der Waals surface area contributed by atoms with Crippen molar-refractivity contribution >= 4 is 5.91 Å². The number of fused-ring (bicyclic) bond motifs is 4. The lowest BCUT2D eigenvalue weighted by atomic mass is 9.61. The normalized spacial score (nSPS) is 34.3. The maximum atomic E-state index is 11.5. The Kier molecular flexibility index (Phi) is 3.12. The number of carbonyl (C=O) groups is 1. The second-order valence-corrected chi connectivity index (χ2v) is 7.98. The van der Waals surface area contributed by atoms with Crippen LogP contribution in [0.3, 0.4) is 0 Å². The van der Waals surface area contributed by atoms with Crippen LogP contribution >= 0.6 is 0 Å². The summed E-state index contributed by atoms with van der Waals surface area (Å²) in [5, 5.41) is 0. The van der Waals surface area contributed by atoms with Gasteiger partial charge in [-0.1, -0.05) is 19.9 Å². The molecule has 4 rings (SSSR count). The van der Waals surface area contributed by atoms with Crippen molar-refractivity contribution in [1.29, 1.82) is 0 Å². The molecule has 3 nitrogen and oxygen atoms in total. The fourth-order valence-electron chi connectivity index (χ4n) is 4.68. The molecule has 2 bridgehead atoms. The standard InChI is InChI=1S/C19H26N2O/c1-12-15-6-5-14(18(20)22)9-16(15)19(2)7-8-21(17(12)10-19)11-13-3-4-13/h5-6,9,12-13,17H,3-4,7-8,10-11H2,1-2H3,(H2,20,22). The van der Waals surface area contributed by atoms with Crippen molar-refractivity contribution in [3.63, 3.8) is 0 Å². The van der Waals surface area contributed by atoms with Gasteiger partial charge in [-0.3, -0.25) is 9.69 Å². The van der Waals surface area contributed by atoms with Gasteiger partial charge in [-0.15, -0.1) is 0 Å². The molecule has 118 valence electrons. The molecular formula is C19H26N2O. The van der Waals surface area contributed by atoms with Gasteiger partial charge >= 0.3 is 0 Å². The molecule has 3 unspecified atom stereocenters. The van der Waals surface area contributed by atoms with Gasteiger partial charge in [0, 0.05) is 18.2 Å². The van der Waals surface area contributed by atoms with E-state index in [0.29, 0.717) is 17.5 Å². The summed E-state index contributed by atoms with van der Waals surface area (Å²) in [5.41, 5.74) is 9.16. The summed E-state index contributed by atoms with van der Waals surface area (Å²) in [4.78, 5) is 14.3. The number of rotatable bonds is 3. The molecule has 1 aromatic rings. The Morgan fingerprint density at radius 3 is 2.86 bits per heavy atom. The van der Waals surface area contributed by atoms with Crippen molar-refractivity contribution < 1.29 is 4.79 Å². The van der Waals surface area contributed by atoms with E-state index in [2.05, 4.69) is 30.9 Å². The van der Waals surface area contributed by atoms with Crippen LogP contribution in [0.15, 0.2) is 18.2 Å². The smallest absolute Gasteiger partial charge is 0.248 e. The first-order valence-electron chi connectivity index (χ1n) is 8.66. The summed E-state index contributed by atoms with van der Waals surface area (Å²) in [7, 11) is 0. The first-order valence-corrected chi connectivity index (χ1v) is 8.66. The maximum absolute atomic E-state index is 11.5. The largest absolute Gasteiger partial charge is 0.366 e. The Morgan fingerprint density at radius 2 is 2.18 bits per heavy atom. The quantitative estimate of drug-likeness (QED) is 0.932. The van der Waals surface area contributed by atoms with Gasteiger partial charge in [0.2, 0.25) is 5.91 Å². The van der Waals surface area contributed by atoms with Crippen LogP contribution in [0.25, 0.3) is 0 Å². The highest BCUT2D eigenvalue weighted by molar-refractivity contribution is 5.93. The van der Waals surface area contributed by atoms with Crippen molar-refractivity contribution in [2.24, 2.45) is 11.7 Å². The van der Waals surface area contributed by atoms with Crippen LogP contribution < -0.4 is 5.73 Å². The Hall–Kier alpha value is -1.35. The summed E-state index contributed by atoms with van der Waals surface area (Å²) >= 11 is 0. The lowest BCUT2D eigenvalue weighted by molar-refractivity contribution is 0.0671. The van der Waals surface area contributed by atoms with Crippen LogP contribution in [-0.4, -0.2) is 29.9 Å². The van der Waals surface area contributed by atoms with Gasteiger partial charge in [-0.05, 0) is 72.7 Å². The molecule has 1 saturated heterocycles. The molecule has 1 saturated carbocycles. The fraction of sp³-hybridized carbons (Fsp3) is 0.632. The lowest BCUT2D eigenvalue weighted by Crippen LogP contribution is -2.54. The summed E-state index contributed by atoms with van der Waals surface area (Å²) in [6, 6.07) is 6.80. The molecule has 1 aliphatic heterocycles. The molecule has 22 heavy (non-hydrogen) atoms. The highest BCUT2D eigenvalue weighted by Gasteiger charge is 2.46. The van der Waals surface area contributed by atoms with Gasteiger partial charge in [0.1, 0.15) is 0 Å². The Labute approximate surface area is 132 Å². The summed E-state index contributed by atoms with van der Waals surface area (Å²) in [6.07, 6.45) is 5.26. The van der Waals surface area contributed by atoms with Crippen LogP contribution in [-0.2, 0) is 5.41 Å². The number of nitrogens with two attached hydrogens (primary N) is 1. The van der Waals surface area contributed by atoms with E-state index in [-0.39, 0.29) is 11.3 Å². The summed E-state index contributed by atoms with van der Waals surface area (Å²) in [6.45, 7) is 7.23. The molecule has 2 N–H and O–H groups in total. The zero-order valence-electron chi connectivity index (χ0n) is 13.6. The number of hydrogen-bond acceptors (Lipinski definition) is 2. The maximum Gasteiger partial charge on any atom is 0.248 e. The Balaban J connectivity index is 1.72. The number of primary amides is 1. The highest BCUT2D eigenvalue weighted by Crippen LogP contribution is 2.50. The van der Waals surface area contributed by atoms with Gasteiger partial charge in [-0.2, -0.15) is 0 Å². The molecular weight excluding hydrogens is 272 g/mol. The lowest BCUT2D eigenvalue weighted by Gasteiger charge is -2.53. The molecule has 3 atom stereocenters. The van der Waals surface area contributed by atoms with Crippen molar-refractivity contribution in [1.82, 2.24) is 4.90 Å². The van der Waals surface area contributed by atoms with Gasteiger partial charge in [0.15, 0.2) is 0 Å². The predicted octanol–water partition coefficient (Wildman–Crippen LogP) is 3.03. The Bertz CT molecular complexity index is 622. The number of hydrogen-bond donors (Lipinski definition) is 1. The van der Waals surface area contributed by atoms with Crippen molar-refractivity contribution in [2.75, 3.05) is 13.1 Å². The monoisotopic (exact) mass is 298 g/mol. The van der Waals surface area contributed by atoms with E-state index in [1.165, 1.54) is 49.9 Å². The first-order chi connectivity index (χ1) is 10.5. The number of carbonyl (C=O) groups excluding carboxylic acids is 1.